The molecule has 1 aliphatic rings. The summed E-state index contributed by atoms with van der Waals surface area (Å²) in [6, 6.07) is 5.93. The van der Waals surface area contributed by atoms with Crippen molar-refractivity contribution in [2.24, 2.45) is 0 Å². The summed E-state index contributed by atoms with van der Waals surface area (Å²) in [7, 11) is 0. The first-order chi connectivity index (χ1) is 10.6. The number of carbonyl (C=O) groups excluding carboxylic acids is 2. The van der Waals surface area contributed by atoms with Gasteiger partial charge in [0.2, 0.25) is 11.8 Å². The third kappa shape index (κ3) is 4.83. The highest BCUT2D eigenvalue weighted by atomic mass is 19.1. The normalized spacial score (nSPS) is 15.4. The number of carbonyl (C=O) groups is 2. The van der Waals surface area contributed by atoms with Crippen LogP contribution in [0, 0.1) is 5.82 Å². The van der Waals surface area contributed by atoms with Crippen molar-refractivity contribution in [3.05, 3.63) is 30.1 Å². The fourth-order valence-electron chi connectivity index (χ4n) is 2.97. The number of anilines is 1. The Balaban J connectivity index is 1.84. The molecule has 1 saturated carbocycles. The molecule has 0 unspecified atom stereocenters. The molecule has 1 fully saturated rings. The maximum Gasteiger partial charge on any atom is 0.226 e. The van der Waals surface area contributed by atoms with Crippen molar-refractivity contribution < 1.29 is 14.0 Å². The number of nitrogens with one attached hydrogen (secondary N) is 1. The highest BCUT2D eigenvalue weighted by Crippen LogP contribution is 2.23. The number of benzene rings is 1. The van der Waals surface area contributed by atoms with E-state index in [4.69, 9.17) is 0 Å². The lowest BCUT2D eigenvalue weighted by Gasteiger charge is -2.33. The first kappa shape index (κ1) is 16.5. The van der Waals surface area contributed by atoms with Crippen LogP contribution in [0.5, 0.6) is 0 Å². The van der Waals surface area contributed by atoms with Gasteiger partial charge in [-0.05, 0) is 37.1 Å². The molecular formula is C17H23FN2O2. The molecule has 0 spiro atoms. The van der Waals surface area contributed by atoms with Gasteiger partial charge in [0, 0.05) is 31.6 Å². The summed E-state index contributed by atoms with van der Waals surface area (Å²) in [5.74, 6) is -0.465. The number of halogens is 1. The molecule has 1 aromatic carbocycles. The predicted octanol–water partition coefficient (Wildman–Crippen LogP) is 3.34. The molecule has 1 aliphatic carbocycles. The van der Waals surface area contributed by atoms with E-state index in [-0.39, 0.29) is 30.1 Å². The third-order valence-corrected chi connectivity index (χ3v) is 4.13. The SMILES string of the molecule is CC(=O)N(CCC(=O)Nc1ccc(F)cc1)C1CCCCC1. The molecule has 120 valence electrons. The van der Waals surface area contributed by atoms with Crippen LogP contribution in [0.4, 0.5) is 10.1 Å². The smallest absolute Gasteiger partial charge is 0.226 e. The van der Waals surface area contributed by atoms with Crippen molar-refractivity contribution in [1.29, 1.82) is 0 Å². The van der Waals surface area contributed by atoms with E-state index in [2.05, 4.69) is 5.32 Å². The van der Waals surface area contributed by atoms with Crippen LogP contribution in [-0.4, -0.2) is 29.3 Å². The van der Waals surface area contributed by atoms with Crippen LogP contribution in [-0.2, 0) is 9.59 Å². The van der Waals surface area contributed by atoms with E-state index in [1.807, 2.05) is 4.90 Å². The van der Waals surface area contributed by atoms with Gasteiger partial charge >= 0.3 is 0 Å². The minimum atomic E-state index is -0.335. The number of hydrogen-bond acceptors (Lipinski definition) is 2. The van der Waals surface area contributed by atoms with Gasteiger partial charge in [-0.25, -0.2) is 4.39 Å². The van der Waals surface area contributed by atoms with Crippen LogP contribution in [0.2, 0.25) is 0 Å². The molecule has 2 rings (SSSR count). The van der Waals surface area contributed by atoms with Crippen molar-refractivity contribution in [2.75, 3.05) is 11.9 Å². The Hall–Kier alpha value is -1.91. The van der Waals surface area contributed by atoms with Gasteiger partial charge in [0.1, 0.15) is 5.82 Å². The van der Waals surface area contributed by atoms with Crippen molar-refractivity contribution in [3.63, 3.8) is 0 Å². The van der Waals surface area contributed by atoms with Gasteiger partial charge in [-0.1, -0.05) is 19.3 Å². The van der Waals surface area contributed by atoms with Gasteiger partial charge in [0.15, 0.2) is 0 Å². The van der Waals surface area contributed by atoms with Gasteiger partial charge in [-0.2, -0.15) is 0 Å². The zero-order chi connectivity index (χ0) is 15.9. The summed E-state index contributed by atoms with van der Waals surface area (Å²) in [6.45, 7) is 2.00. The van der Waals surface area contributed by atoms with Gasteiger partial charge in [0.05, 0.1) is 0 Å². The standard InChI is InChI=1S/C17H23FN2O2/c1-13(21)20(16-5-3-2-4-6-16)12-11-17(22)19-15-9-7-14(18)8-10-15/h7-10,16H,2-6,11-12H2,1H3,(H,19,22). The summed E-state index contributed by atoms with van der Waals surface area (Å²) < 4.78 is 12.8. The molecule has 5 heteroatoms. The van der Waals surface area contributed by atoms with Gasteiger partial charge in [-0.15, -0.1) is 0 Å². The lowest BCUT2D eigenvalue weighted by molar-refractivity contribution is -0.132. The van der Waals surface area contributed by atoms with Gasteiger partial charge in [0.25, 0.3) is 0 Å². The fraction of sp³-hybridized carbons (Fsp3) is 0.529. The first-order valence-corrected chi connectivity index (χ1v) is 7.89. The zero-order valence-corrected chi connectivity index (χ0v) is 13.0. The minimum absolute atomic E-state index is 0.0292. The van der Waals surface area contributed by atoms with Crippen LogP contribution in [0.25, 0.3) is 0 Å². The molecule has 0 heterocycles. The largest absolute Gasteiger partial charge is 0.339 e. The Bertz CT molecular complexity index is 510. The topological polar surface area (TPSA) is 49.4 Å². The Labute approximate surface area is 130 Å². The second-order valence-electron chi connectivity index (χ2n) is 5.81. The van der Waals surface area contributed by atoms with Crippen molar-refractivity contribution in [3.8, 4) is 0 Å². The van der Waals surface area contributed by atoms with E-state index < -0.39 is 0 Å². The van der Waals surface area contributed by atoms with Crippen LogP contribution < -0.4 is 5.32 Å². The van der Waals surface area contributed by atoms with E-state index in [1.54, 1.807) is 6.92 Å². The van der Waals surface area contributed by atoms with Crippen molar-refractivity contribution in [2.45, 2.75) is 51.5 Å². The molecule has 22 heavy (non-hydrogen) atoms. The summed E-state index contributed by atoms with van der Waals surface area (Å²) in [6.07, 6.45) is 5.84. The fourth-order valence-corrected chi connectivity index (χ4v) is 2.97. The predicted molar refractivity (Wildman–Crippen MR) is 83.9 cm³/mol. The molecule has 1 aromatic rings. The maximum absolute atomic E-state index is 12.8. The maximum atomic E-state index is 12.8. The molecule has 2 amide bonds. The number of rotatable bonds is 5. The molecule has 0 aliphatic heterocycles. The zero-order valence-electron chi connectivity index (χ0n) is 13.0. The highest BCUT2D eigenvalue weighted by Gasteiger charge is 2.23. The van der Waals surface area contributed by atoms with E-state index in [0.29, 0.717) is 12.2 Å². The average Bonchev–Trinajstić information content (AvgIpc) is 2.50. The molecule has 0 aromatic heterocycles. The number of amides is 2. The molecule has 1 N–H and O–H groups in total. The minimum Gasteiger partial charge on any atom is -0.339 e. The summed E-state index contributed by atoms with van der Waals surface area (Å²) in [5, 5.41) is 2.72. The molecule has 4 nitrogen and oxygen atoms in total. The summed E-state index contributed by atoms with van der Waals surface area (Å²) in [4.78, 5) is 25.6. The Morgan fingerprint density at radius 3 is 2.41 bits per heavy atom. The van der Waals surface area contributed by atoms with Crippen molar-refractivity contribution >= 4 is 17.5 Å². The molecule has 0 bridgehead atoms. The van der Waals surface area contributed by atoms with Crippen LogP contribution in [0.3, 0.4) is 0 Å². The molecular weight excluding hydrogens is 283 g/mol. The number of nitrogens with zero attached hydrogens (tertiary/aromatic N) is 1. The molecule has 0 atom stereocenters. The second-order valence-corrected chi connectivity index (χ2v) is 5.81. The van der Waals surface area contributed by atoms with Crippen LogP contribution in [0.15, 0.2) is 24.3 Å². The van der Waals surface area contributed by atoms with Crippen molar-refractivity contribution in [1.82, 2.24) is 4.90 Å². The first-order valence-electron chi connectivity index (χ1n) is 7.89. The van der Waals surface area contributed by atoms with Gasteiger partial charge in [-0.3, -0.25) is 9.59 Å². The monoisotopic (exact) mass is 306 g/mol. The summed E-state index contributed by atoms with van der Waals surface area (Å²) >= 11 is 0. The Morgan fingerprint density at radius 1 is 1.18 bits per heavy atom. The molecule has 0 radical (unpaired) electrons. The number of hydrogen-bond donors (Lipinski definition) is 1. The third-order valence-electron chi connectivity index (χ3n) is 4.13. The summed E-state index contributed by atoms with van der Waals surface area (Å²) in [5.41, 5.74) is 0.568. The van der Waals surface area contributed by atoms with E-state index in [0.717, 1.165) is 25.7 Å². The van der Waals surface area contributed by atoms with Crippen LogP contribution in [0.1, 0.15) is 45.4 Å². The quantitative estimate of drug-likeness (QED) is 0.907. The molecule has 0 saturated heterocycles. The van der Waals surface area contributed by atoms with E-state index >= 15 is 0 Å². The van der Waals surface area contributed by atoms with Gasteiger partial charge < -0.3 is 10.2 Å². The van der Waals surface area contributed by atoms with E-state index in [1.165, 1.54) is 30.7 Å². The lowest BCUT2D eigenvalue weighted by atomic mass is 9.94. The highest BCUT2D eigenvalue weighted by molar-refractivity contribution is 5.91. The Morgan fingerprint density at radius 2 is 1.82 bits per heavy atom. The second kappa shape index (κ2) is 7.92. The van der Waals surface area contributed by atoms with Crippen LogP contribution >= 0.6 is 0 Å². The Kier molecular flexibility index (Phi) is 5.92. The average molecular weight is 306 g/mol. The lowest BCUT2D eigenvalue weighted by Crippen LogP contribution is -2.41. The van der Waals surface area contributed by atoms with E-state index in [9.17, 15) is 14.0 Å².